The van der Waals surface area contributed by atoms with Crippen molar-refractivity contribution in [2.45, 2.75) is 12.5 Å². The van der Waals surface area contributed by atoms with Crippen molar-refractivity contribution in [2.75, 3.05) is 6.61 Å². The molecule has 0 aliphatic carbocycles. The van der Waals surface area contributed by atoms with E-state index >= 15 is 0 Å². The van der Waals surface area contributed by atoms with E-state index < -0.39 is 6.04 Å². The average Bonchev–Trinajstić information content (AvgIpc) is 2.85. The van der Waals surface area contributed by atoms with E-state index in [-0.39, 0.29) is 5.82 Å². The van der Waals surface area contributed by atoms with Crippen LogP contribution >= 0.6 is 15.9 Å². The van der Waals surface area contributed by atoms with E-state index in [1.807, 2.05) is 18.2 Å². The third-order valence-electron chi connectivity index (χ3n) is 3.37. The third-order valence-corrected chi connectivity index (χ3v) is 3.86. The molecule has 4 heteroatoms. The molecule has 1 aliphatic rings. The summed E-state index contributed by atoms with van der Waals surface area (Å²) in [4.78, 5) is 0. The lowest BCUT2D eigenvalue weighted by molar-refractivity contribution is 0.357. The summed E-state index contributed by atoms with van der Waals surface area (Å²) >= 11 is 3.24. The highest BCUT2D eigenvalue weighted by atomic mass is 79.9. The molecule has 0 saturated heterocycles. The van der Waals surface area contributed by atoms with Crippen LogP contribution in [0.25, 0.3) is 0 Å². The highest BCUT2D eigenvalue weighted by Crippen LogP contribution is 2.30. The zero-order valence-electron chi connectivity index (χ0n) is 10.2. The molecule has 1 unspecified atom stereocenters. The van der Waals surface area contributed by atoms with Gasteiger partial charge in [0.05, 0.1) is 12.6 Å². The summed E-state index contributed by atoms with van der Waals surface area (Å²) in [5.41, 5.74) is 8.72. The van der Waals surface area contributed by atoms with Crippen LogP contribution in [0.4, 0.5) is 4.39 Å². The fraction of sp³-hybridized carbons (Fsp3) is 0.200. The minimum atomic E-state index is -0.459. The van der Waals surface area contributed by atoms with Gasteiger partial charge in [0.1, 0.15) is 11.6 Å². The lowest BCUT2D eigenvalue weighted by atomic mass is 9.97. The Bertz CT molecular complexity index is 630. The van der Waals surface area contributed by atoms with Crippen molar-refractivity contribution >= 4 is 15.9 Å². The number of rotatable bonds is 2. The summed E-state index contributed by atoms with van der Waals surface area (Å²) in [5.74, 6) is 0.617. The largest absolute Gasteiger partial charge is 0.493 e. The number of nitrogens with two attached hydrogens (primary N) is 1. The maximum Gasteiger partial charge on any atom is 0.129 e. The SMILES string of the molecule is NC(c1ccc2c(c1)CCO2)c1ccc(Br)cc1F. The third kappa shape index (κ3) is 2.38. The number of fused-ring (bicyclic) bond motifs is 1. The van der Waals surface area contributed by atoms with Crippen LogP contribution in [0.5, 0.6) is 5.75 Å². The molecule has 3 rings (SSSR count). The highest BCUT2D eigenvalue weighted by molar-refractivity contribution is 9.10. The summed E-state index contributed by atoms with van der Waals surface area (Å²) in [6.45, 7) is 0.709. The zero-order valence-corrected chi connectivity index (χ0v) is 11.8. The molecule has 1 aliphatic heterocycles. The molecule has 0 fully saturated rings. The molecule has 2 aromatic carbocycles. The first kappa shape index (κ1) is 12.6. The summed E-state index contributed by atoms with van der Waals surface area (Å²) in [5, 5.41) is 0. The molecule has 0 amide bonds. The van der Waals surface area contributed by atoms with Crippen molar-refractivity contribution in [3.05, 3.63) is 63.4 Å². The standard InChI is InChI=1S/C15H13BrFNO/c16-11-2-3-12(13(17)8-11)15(18)10-1-4-14-9(7-10)5-6-19-14/h1-4,7-8,15H,5-6,18H2. The van der Waals surface area contributed by atoms with Gasteiger partial charge in [0, 0.05) is 16.5 Å². The number of benzene rings is 2. The minimum absolute atomic E-state index is 0.293. The molecule has 2 N–H and O–H groups in total. The second-order valence-electron chi connectivity index (χ2n) is 4.61. The van der Waals surface area contributed by atoms with Gasteiger partial charge in [-0.2, -0.15) is 0 Å². The molecular formula is C15H13BrFNO. The molecule has 19 heavy (non-hydrogen) atoms. The van der Waals surface area contributed by atoms with E-state index in [2.05, 4.69) is 15.9 Å². The van der Waals surface area contributed by atoms with Crippen LogP contribution in [0, 0.1) is 5.82 Å². The van der Waals surface area contributed by atoms with Gasteiger partial charge >= 0.3 is 0 Å². The topological polar surface area (TPSA) is 35.2 Å². The van der Waals surface area contributed by atoms with Gasteiger partial charge < -0.3 is 10.5 Å². The van der Waals surface area contributed by atoms with E-state index in [0.29, 0.717) is 16.6 Å². The fourth-order valence-electron chi connectivity index (χ4n) is 2.33. The number of hydrogen-bond donors (Lipinski definition) is 1. The smallest absolute Gasteiger partial charge is 0.129 e. The monoisotopic (exact) mass is 321 g/mol. The van der Waals surface area contributed by atoms with Crippen LogP contribution in [0.2, 0.25) is 0 Å². The predicted octanol–water partition coefficient (Wildman–Crippen LogP) is 3.57. The van der Waals surface area contributed by atoms with Gasteiger partial charge in [0.25, 0.3) is 0 Å². The highest BCUT2D eigenvalue weighted by Gasteiger charge is 2.18. The van der Waals surface area contributed by atoms with Gasteiger partial charge in [-0.3, -0.25) is 0 Å². The molecule has 0 aromatic heterocycles. The Balaban J connectivity index is 1.97. The second-order valence-corrected chi connectivity index (χ2v) is 5.52. The minimum Gasteiger partial charge on any atom is -0.493 e. The molecule has 0 bridgehead atoms. The molecule has 2 aromatic rings. The molecule has 1 atom stereocenters. The molecule has 98 valence electrons. The van der Waals surface area contributed by atoms with E-state index in [1.165, 1.54) is 6.07 Å². The first-order chi connectivity index (χ1) is 9.15. The van der Waals surface area contributed by atoms with E-state index in [4.69, 9.17) is 10.5 Å². The van der Waals surface area contributed by atoms with Gasteiger partial charge in [0.15, 0.2) is 0 Å². The molecule has 1 heterocycles. The van der Waals surface area contributed by atoms with Crippen molar-refractivity contribution in [1.29, 1.82) is 0 Å². The van der Waals surface area contributed by atoms with Crippen molar-refractivity contribution in [3.8, 4) is 5.75 Å². The number of ether oxygens (including phenoxy) is 1. The van der Waals surface area contributed by atoms with Gasteiger partial charge in [0.2, 0.25) is 0 Å². The van der Waals surface area contributed by atoms with Crippen molar-refractivity contribution < 1.29 is 9.13 Å². The van der Waals surface area contributed by atoms with E-state index in [9.17, 15) is 4.39 Å². The van der Waals surface area contributed by atoms with Gasteiger partial charge in [-0.1, -0.05) is 34.1 Å². The van der Waals surface area contributed by atoms with Crippen LogP contribution in [-0.2, 0) is 6.42 Å². The molecule has 0 radical (unpaired) electrons. The van der Waals surface area contributed by atoms with Crippen LogP contribution < -0.4 is 10.5 Å². The summed E-state index contributed by atoms with van der Waals surface area (Å²) in [7, 11) is 0. The normalized spacial score (nSPS) is 14.9. The Kier molecular flexibility index (Phi) is 3.29. The van der Waals surface area contributed by atoms with E-state index in [0.717, 1.165) is 23.3 Å². The quantitative estimate of drug-likeness (QED) is 0.917. The van der Waals surface area contributed by atoms with Crippen LogP contribution in [0.3, 0.4) is 0 Å². The maximum atomic E-state index is 13.9. The molecule has 0 saturated carbocycles. The number of hydrogen-bond acceptors (Lipinski definition) is 2. The van der Waals surface area contributed by atoms with Crippen LogP contribution in [0.15, 0.2) is 40.9 Å². The van der Waals surface area contributed by atoms with Crippen molar-refractivity contribution in [1.82, 2.24) is 0 Å². The first-order valence-corrected chi connectivity index (χ1v) is 6.90. The second kappa shape index (κ2) is 4.94. The van der Waals surface area contributed by atoms with Gasteiger partial charge in [-0.15, -0.1) is 0 Å². The van der Waals surface area contributed by atoms with Crippen LogP contribution in [-0.4, -0.2) is 6.61 Å². The van der Waals surface area contributed by atoms with Gasteiger partial charge in [-0.25, -0.2) is 4.39 Å². The molecule has 2 nitrogen and oxygen atoms in total. The summed E-state index contributed by atoms with van der Waals surface area (Å²) in [6, 6.07) is 10.3. The maximum absolute atomic E-state index is 13.9. The Morgan fingerprint density at radius 2 is 2.05 bits per heavy atom. The average molecular weight is 322 g/mol. The van der Waals surface area contributed by atoms with Crippen molar-refractivity contribution in [3.63, 3.8) is 0 Å². The lowest BCUT2D eigenvalue weighted by Gasteiger charge is -2.14. The Morgan fingerprint density at radius 3 is 2.84 bits per heavy atom. The Labute approximate surface area is 119 Å². The molecular weight excluding hydrogens is 309 g/mol. The predicted molar refractivity (Wildman–Crippen MR) is 75.8 cm³/mol. The van der Waals surface area contributed by atoms with E-state index in [1.54, 1.807) is 12.1 Å². The first-order valence-electron chi connectivity index (χ1n) is 6.11. The lowest BCUT2D eigenvalue weighted by Crippen LogP contribution is -2.13. The molecule has 0 spiro atoms. The van der Waals surface area contributed by atoms with Gasteiger partial charge in [-0.05, 0) is 29.3 Å². The zero-order chi connectivity index (χ0) is 13.4. The van der Waals surface area contributed by atoms with Crippen LogP contribution in [0.1, 0.15) is 22.7 Å². The van der Waals surface area contributed by atoms with Crippen molar-refractivity contribution in [2.24, 2.45) is 5.73 Å². The Hall–Kier alpha value is -1.39. The Morgan fingerprint density at radius 1 is 1.21 bits per heavy atom. The summed E-state index contributed by atoms with van der Waals surface area (Å²) in [6.07, 6.45) is 0.888. The summed E-state index contributed by atoms with van der Waals surface area (Å²) < 4.78 is 20.1. The number of halogens is 2. The fourth-order valence-corrected chi connectivity index (χ4v) is 2.67.